The number of alkyl halides is 1. The second-order valence-electron chi connectivity index (χ2n) is 5.87. The van der Waals surface area contributed by atoms with E-state index in [0.29, 0.717) is 36.2 Å². The highest BCUT2D eigenvalue weighted by Gasteiger charge is 2.25. The fraction of sp³-hybridized carbons (Fsp3) is 0.688. The number of hydrogen-bond donors (Lipinski definition) is 1. The van der Waals surface area contributed by atoms with Crippen molar-refractivity contribution in [3.8, 4) is 0 Å². The molecular formula is C16H24ClN3O. The number of hydrogen-bond acceptors (Lipinski definition) is 3. The van der Waals surface area contributed by atoms with Crippen LogP contribution < -0.4 is 5.32 Å². The molecule has 0 saturated heterocycles. The van der Waals surface area contributed by atoms with Crippen LogP contribution in [0.25, 0.3) is 0 Å². The SMILES string of the molecule is CCc1nnc(C)cc1C(=O)NCC1CCCCC1CCl. The Balaban J connectivity index is 1.99. The molecule has 21 heavy (non-hydrogen) atoms. The molecule has 1 heterocycles. The third-order valence-electron chi connectivity index (χ3n) is 4.36. The summed E-state index contributed by atoms with van der Waals surface area (Å²) in [5.74, 6) is 1.69. The van der Waals surface area contributed by atoms with E-state index in [-0.39, 0.29) is 5.91 Å². The van der Waals surface area contributed by atoms with Crippen LogP contribution in [0.3, 0.4) is 0 Å². The van der Waals surface area contributed by atoms with Crippen molar-refractivity contribution in [3.05, 3.63) is 23.0 Å². The predicted octanol–water partition coefficient (Wildman–Crippen LogP) is 3.12. The van der Waals surface area contributed by atoms with Crippen molar-refractivity contribution in [2.24, 2.45) is 11.8 Å². The summed E-state index contributed by atoms with van der Waals surface area (Å²) in [5, 5.41) is 11.2. The van der Waals surface area contributed by atoms with Gasteiger partial charge in [0.1, 0.15) is 0 Å². The zero-order chi connectivity index (χ0) is 15.2. The summed E-state index contributed by atoms with van der Waals surface area (Å²) < 4.78 is 0. The molecule has 2 unspecified atom stereocenters. The molecule has 1 aliphatic carbocycles. The molecule has 1 aromatic rings. The van der Waals surface area contributed by atoms with Crippen LogP contribution in [0.15, 0.2) is 6.07 Å². The van der Waals surface area contributed by atoms with Crippen LogP contribution in [0.2, 0.25) is 0 Å². The van der Waals surface area contributed by atoms with Crippen molar-refractivity contribution in [2.75, 3.05) is 12.4 Å². The number of carbonyl (C=O) groups is 1. The van der Waals surface area contributed by atoms with Crippen molar-refractivity contribution < 1.29 is 4.79 Å². The molecule has 1 fully saturated rings. The van der Waals surface area contributed by atoms with Crippen molar-refractivity contribution in [2.45, 2.75) is 46.0 Å². The van der Waals surface area contributed by atoms with E-state index in [1.807, 2.05) is 19.9 Å². The third kappa shape index (κ3) is 4.16. The first-order chi connectivity index (χ1) is 10.2. The van der Waals surface area contributed by atoms with Gasteiger partial charge in [0.2, 0.25) is 0 Å². The number of aryl methyl sites for hydroxylation is 2. The Hall–Kier alpha value is -1.16. The Labute approximate surface area is 131 Å². The van der Waals surface area contributed by atoms with Gasteiger partial charge in [-0.15, -0.1) is 11.6 Å². The topological polar surface area (TPSA) is 54.9 Å². The molecule has 116 valence electrons. The van der Waals surface area contributed by atoms with Gasteiger partial charge in [-0.1, -0.05) is 19.8 Å². The maximum Gasteiger partial charge on any atom is 0.253 e. The quantitative estimate of drug-likeness (QED) is 0.850. The van der Waals surface area contributed by atoms with E-state index in [1.165, 1.54) is 19.3 Å². The number of nitrogens with one attached hydrogen (secondary N) is 1. The molecule has 1 saturated carbocycles. The van der Waals surface area contributed by atoms with Gasteiger partial charge in [-0.25, -0.2) is 0 Å². The fourth-order valence-corrected chi connectivity index (χ4v) is 3.45. The number of rotatable bonds is 5. The minimum atomic E-state index is -0.0382. The monoisotopic (exact) mass is 309 g/mol. The van der Waals surface area contributed by atoms with Gasteiger partial charge in [-0.05, 0) is 44.1 Å². The van der Waals surface area contributed by atoms with Crippen molar-refractivity contribution in [3.63, 3.8) is 0 Å². The smallest absolute Gasteiger partial charge is 0.253 e. The number of amides is 1. The second kappa shape index (κ2) is 7.74. The van der Waals surface area contributed by atoms with E-state index >= 15 is 0 Å². The zero-order valence-corrected chi connectivity index (χ0v) is 13.6. The highest BCUT2D eigenvalue weighted by Crippen LogP contribution is 2.30. The summed E-state index contributed by atoms with van der Waals surface area (Å²) in [4.78, 5) is 12.4. The average molecular weight is 310 g/mol. The van der Waals surface area contributed by atoms with Gasteiger partial charge in [-0.2, -0.15) is 10.2 Å². The molecule has 2 rings (SSSR count). The normalized spacial score (nSPS) is 22.0. The Morgan fingerprint density at radius 2 is 2.05 bits per heavy atom. The van der Waals surface area contributed by atoms with E-state index in [2.05, 4.69) is 15.5 Å². The number of nitrogens with zero attached hydrogens (tertiary/aromatic N) is 2. The first-order valence-corrected chi connectivity index (χ1v) is 8.36. The minimum Gasteiger partial charge on any atom is -0.352 e. The van der Waals surface area contributed by atoms with E-state index in [9.17, 15) is 4.79 Å². The lowest BCUT2D eigenvalue weighted by atomic mass is 9.80. The molecule has 1 aliphatic rings. The Kier molecular flexibility index (Phi) is 5.97. The molecule has 0 bridgehead atoms. The second-order valence-corrected chi connectivity index (χ2v) is 6.18. The molecule has 5 heteroatoms. The molecule has 0 aliphatic heterocycles. The lowest BCUT2D eigenvalue weighted by Crippen LogP contribution is -2.35. The third-order valence-corrected chi connectivity index (χ3v) is 4.76. The van der Waals surface area contributed by atoms with Crippen LogP contribution in [-0.4, -0.2) is 28.5 Å². The van der Waals surface area contributed by atoms with E-state index in [4.69, 9.17) is 11.6 Å². The van der Waals surface area contributed by atoms with Gasteiger partial charge in [0.05, 0.1) is 17.0 Å². The van der Waals surface area contributed by atoms with Crippen molar-refractivity contribution in [1.82, 2.24) is 15.5 Å². The average Bonchev–Trinajstić information content (AvgIpc) is 2.52. The largest absolute Gasteiger partial charge is 0.352 e. The molecule has 4 nitrogen and oxygen atoms in total. The molecule has 1 amide bonds. The zero-order valence-electron chi connectivity index (χ0n) is 12.9. The van der Waals surface area contributed by atoms with Gasteiger partial charge >= 0.3 is 0 Å². The summed E-state index contributed by atoms with van der Waals surface area (Å²) in [6.07, 6.45) is 5.55. The summed E-state index contributed by atoms with van der Waals surface area (Å²) in [6, 6.07) is 1.82. The molecule has 1 N–H and O–H groups in total. The van der Waals surface area contributed by atoms with E-state index in [1.54, 1.807) is 0 Å². The van der Waals surface area contributed by atoms with Crippen molar-refractivity contribution in [1.29, 1.82) is 0 Å². The van der Waals surface area contributed by atoms with Crippen LogP contribution in [0, 0.1) is 18.8 Å². The van der Waals surface area contributed by atoms with Crippen LogP contribution in [-0.2, 0) is 6.42 Å². The molecule has 0 spiro atoms. The van der Waals surface area contributed by atoms with Gasteiger partial charge < -0.3 is 5.32 Å². The Morgan fingerprint density at radius 3 is 2.71 bits per heavy atom. The molecular weight excluding hydrogens is 286 g/mol. The highest BCUT2D eigenvalue weighted by atomic mass is 35.5. The maximum absolute atomic E-state index is 12.4. The van der Waals surface area contributed by atoms with Gasteiger partial charge in [0.15, 0.2) is 0 Å². The fourth-order valence-electron chi connectivity index (χ4n) is 3.05. The number of carbonyl (C=O) groups excluding carboxylic acids is 1. The van der Waals surface area contributed by atoms with Crippen LogP contribution in [0.5, 0.6) is 0 Å². The van der Waals surface area contributed by atoms with Crippen LogP contribution in [0.1, 0.15) is 54.4 Å². The maximum atomic E-state index is 12.4. The summed E-state index contributed by atoms with van der Waals surface area (Å²) in [6.45, 7) is 4.55. The first kappa shape index (κ1) is 16.2. The van der Waals surface area contributed by atoms with Crippen LogP contribution >= 0.6 is 11.6 Å². The van der Waals surface area contributed by atoms with Crippen LogP contribution in [0.4, 0.5) is 0 Å². The lowest BCUT2D eigenvalue weighted by molar-refractivity contribution is 0.0935. The molecule has 2 atom stereocenters. The van der Waals surface area contributed by atoms with Gasteiger partial charge in [0.25, 0.3) is 5.91 Å². The standard InChI is InChI=1S/C16H24ClN3O/c1-3-15-14(8-11(2)19-20-15)16(21)18-10-13-7-5-4-6-12(13)9-17/h8,12-13H,3-7,9-10H2,1-2H3,(H,18,21). The molecule has 1 aromatic heterocycles. The van der Waals surface area contributed by atoms with E-state index in [0.717, 1.165) is 17.8 Å². The van der Waals surface area contributed by atoms with Gasteiger partial charge in [-0.3, -0.25) is 4.79 Å². The van der Waals surface area contributed by atoms with Gasteiger partial charge in [0, 0.05) is 12.4 Å². The first-order valence-electron chi connectivity index (χ1n) is 7.83. The molecule has 0 aromatic carbocycles. The Morgan fingerprint density at radius 1 is 1.33 bits per heavy atom. The molecule has 0 radical (unpaired) electrons. The number of halogens is 1. The minimum absolute atomic E-state index is 0.0382. The predicted molar refractivity (Wildman–Crippen MR) is 84.6 cm³/mol. The summed E-state index contributed by atoms with van der Waals surface area (Å²) in [5.41, 5.74) is 2.19. The van der Waals surface area contributed by atoms with Crippen molar-refractivity contribution >= 4 is 17.5 Å². The summed E-state index contributed by atoms with van der Waals surface area (Å²) >= 11 is 6.04. The Bertz CT molecular complexity index is 492. The summed E-state index contributed by atoms with van der Waals surface area (Å²) in [7, 11) is 0. The highest BCUT2D eigenvalue weighted by molar-refractivity contribution is 6.18. The van der Waals surface area contributed by atoms with E-state index < -0.39 is 0 Å². The lowest BCUT2D eigenvalue weighted by Gasteiger charge is -2.30. The number of aromatic nitrogens is 2.